The number of alkyl halides is 1. The highest BCUT2D eigenvalue weighted by Crippen LogP contribution is 2.37. The number of piperidine rings is 1. The lowest BCUT2D eigenvalue weighted by molar-refractivity contribution is -0.110. The van der Waals surface area contributed by atoms with Gasteiger partial charge in [-0.05, 0) is 74.2 Å². The van der Waals surface area contributed by atoms with E-state index in [0.717, 1.165) is 22.5 Å². The summed E-state index contributed by atoms with van der Waals surface area (Å²) in [5, 5.41) is 3.38. The van der Waals surface area contributed by atoms with Crippen molar-refractivity contribution < 1.29 is 17.6 Å². The third-order valence-corrected chi connectivity index (χ3v) is 9.70. The predicted molar refractivity (Wildman–Crippen MR) is 150 cm³/mol. The summed E-state index contributed by atoms with van der Waals surface area (Å²) in [4.78, 5) is 18.6. The minimum atomic E-state index is -3.80. The molecule has 0 bridgehead atoms. The lowest BCUT2D eigenvalue weighted by Crippen LogP contribution is -2.34. The van der Waals surface area contributed by atoms with Gasteiger partial charge in [-0.1, -0.05) is 29.3 Å². The largest absolute Gasteiger partial charge is 0.359 e. The van der Waals surface area contributed by atoms with Crippen LogP contribution in [0.2, 0.25) is 10.0 Å². The number of benzene rings is 2. The number of carbonyl (C=O) groups excluding carboxylic acids is 1. The summed E-state index contributed by atoms with van der Waals surface area (Å²) in [6.45, 7) is 6.12. The van der Waals surface area contributed by atoms with Gasteiger partial charge in [0.1, 0.15) is 6.17 Å². The Labute approximate surface area is 231 Å². The van der Waals surface area contributed by atoms with E-state index in [9.17, 15) is 17.6 Å². The molecule has 0 unspecified atom stereocenters. The molecule has 0 spiro atoms. The van der Waals surface area contributed by atoms with E-state index in [1.165, 1.54) is 12.1 Å². The van der Waals surface area contributed by atoms with Crippen molar-refractivity contribution in [2.45, 2.75) is 50.1 Å². The van der Waals surface area contributed by atoms with E-state index in [4.69, 9.17) is 23.2 Å². The first-order valence-corrected chi connectivity index (χ1v) is 14.8. The molecule has 3 aromatic rings. The van der Waals surface area contributed by atoms with Gasteiger partial charge in [-0.15, -0.1) is 0 Å². The van der Waals surface area contributed by atoms with Crippen molar-refractivity contribution in [1.29, 1.82) is 0 Å². The van der Waals surface area contributed by atoms with Gasteiger partial charge in [0.15, 0.2) is 9.84 Å². The van der Waals surface area contributed by atoms with Crippen LogP contribution in [0, 0.1) is 13.8 Å². The Kier molecular flexibility index (Phi) is 7.44. The molecule has 0 saturated carbocycles. The molecule has 6 nitrogen and oxygen atoms in total. The molecule has 0 atom stereocenters. The van der Waals surface area contributed by atoms with Crippen LogP contribution in [-0.2, 0) is 26.9 Å². The summed E-state index contributed by atoms with van der Waals surface area (Å²) in [5.41, 5.74) is 5.68. The molecule has 2 N–H and O–H groups in total. The third-order valence-electron chi connectivity index (χ3n) is 7.35. The van der Waals surface area contributed by atoms with Gasteiger partial charge in [-0.2, -0.15) is 0 Å². The second-order valence-electron chi connectivity index (χ2n) is 9.90. The van der Waals surface area contributed by atoms with Gasteiger partial charge >= 0.3 is 0 Å². The second kappa shape index (κ2) is 10.5. The fourth-order valence-electron chi connectivity index (χ4n) is 5.07. The number of hydrogen-bond donors (Lipinski definition) is 2. The van der Waals surface area contributed by atoms with Gasteiger partial charge in [0.25, 0.3) is 5.91 Å². The third kappa shape index (κ3) is 5.27. The Bertz CT molecular complexity index is 1540. The molecule has 1 aromatic heterocycles. The molecule has 1 amide bonds. The molecule has 38 heavy (non-hydrogen) atoms. The highest BCUT2D eigenvalue weighted by molar-refractivity contribution is 7.90. The van der Waals surface area contributed by atoms with Crippen LogP contribution in [0.15, 0.2) is 41.3 Å². The van der Waals surface area contributed by atoms with E-state index in [0.29, 0.717) is 54.9 Å². The number of sulfone groups is 1. The van der Waals surface area contributed by atoms with Crippen LogP contribution < -0.4 is 5.32 Å². The van der Waals surface area contributed by atoms with Crippen molar-refractivity contribution in [3.8, 4) is 0 Å². The first kappa shape index (κ1) is 26.9. The molecule has 2 aromatic carbocycles. The summed E-state index contributed by atoms with van der Waals surface area (Å²) in [7, 11) is -3.80. The van der Waals surface area contributed by atoms with Crippen LogP contribution in [0.1, 0.15) is 46.5 Å². The van der Waals surface area contributed by atoms with Crippen molar-refractivity contribution >= 4 is 56.3 Å². The number of nitrogens with zero attached hydrogens (tertiary/aromatic N) is 1. The first-order valence-electron chi connectivity index (χ1n) is 12.4. The monoisotopic (exact) mass is 575 g/mol. The highest BCUT2D eigenvalue weighted by atomic mass is 35.5. The number of amides is 1. The maximum absolute atomic E-state index is 13.6. The summed E-state index contributed by atoms with van der Waals surface area (Å²) < 4.78 is 40.1. The molecule has 200 valence electrons. The predicted octanol–water partition coefficient (Wildman–Crippen LogP) is 6.34. The van der Waals surface area contributed by atoms with E-state index in [1.807, 2.05) is 13.8 Å². The number of H-pyrrole nitrogens is 1. The van der Waals surface area contributed by atoms with Crippen LogP contribution in [0.3, 0.4) is 0 Å². The number of fused-ring (bicyclic) bond motifs is 1. The number of rotatable bonds is 6. The Morgan fingerprint density at radius 3 is 2.45 bits per heavy atom. The Morgan fingerprint density at radius 1 is 1.08 bits per heavy atom. The average molecular weight is 577 g/mol. The fourth-order valence-corrected chi connectivity index (χ4v) is 7.19. The van der Waals surface area contributed by atoms with E-state index in [1.54, 1.807) is 30.3 Å². The minimum absolute atomic E-state index is 0.0750. The molecule has 10 heteroatoms. The zero-order chi connectivity index (χ0) is 27.2. The molecule has 0 radical (unpaired) electrons. The number of anilines is 1. The number of aromatic amines is 1. The summed E-state index contributed by atoms with van der Waals surface area (Å²) in [6, 6.07) is 9.45. The number of aryl methyl sites for hydroxylation is 1. The van der Waals surface area contributed by atoms with Crippen molar-refractivity contribution in [2.24, 2.45) is 0 Å². The highest BCUT2D eigenvalue weighted by Gasteiger charge is 2.28. The number of carbonyl (C=O) groups is 1. The Balaban J connectivity index is 1.46. The van der Waals surface area contributed by atoms with Gasteiger partial charge in [0, 0.05) is 57.9 Å². The summed E-state index contributed by atoms with van der Waals surface area (Å²) in [6.07, 6.45) is 2.13. The lowest BCUT2D eigenvalue weighted by atomic mass is 10.0. The average Bonchev–Trinajstić information content (AvgIpc) is 3.32. The van der Waals surface area contributed by atoms with Crippen LogP contribution >= 0.6 is 23.2 Å². The fraction of sp³-hybridized carbons (Fsp3) is 0.321. The Hall–Kier alpha value is -2.65. The molecule has 2 aliphatic rings. The van der Waals surface area contributed by atoms with Crippen molar-refractivity contribution in [3.63, 3.8) is 0 Å². The van der Waals surface area contributed by atoms with Gasteiger partial charge in [-0.3, -0.25) is 9.69 Å². The number of nitrogens with one attached hydrogen (secondary N) is 2. The number of halogens is 3. The molecular weight excluding hydrogens is 548 g/mol. The number of hydrogen-bond acceptors (Lipinski definition) is 4. The topological polar surface area (TPSA) is 82.3 Å². The van der Waals surface area contributed by atoms with Crippen LogP contribution in [-0.4, -0.2) is 43.5 Å². The molecular formula is C28H28Cl2FN3O3S. The van der Waals surface area contributed by atoms with Crippen LogP contribution in [0.4, 0.5) is 10.1 Å². The molecule has 1 fully saturated rings. The van der Waals surface area contributed by atoms with Gasteiger partial charge in [0.05, 0.1) is 16.2 Å². The maximum atomic E-state index is 13.6. The van der Waals surface area contributed by atoms with Crippen molar-refractivity contribution in [1.82, 2.24) is 9.88 Å². The number of likely N-dealkylation sites (tertiary alicyclic amines) is 1. The standard InChI is InChI=1S/C28H28Cl2FN3O3S/c1-16-22(14-34-10-8-18(31)9-11-34)17(2)32-27(16)13-21-20-12-19(6-7-26(20)33-28(21)35)38(36,37)15-23-24(29)4-3-5-25(23)30/h3-7,12-13,18,32H,8-11,14-15H2,1-2H3,(H,33,35)/b21-13-. The smallest absolute Gasteiger partial charge is 0.256 e. The van der Waals surface area contributed by atoms with Crippen molar-refractivity contribution in [3.05, 3.63) is 80.1 Å². The van der Waals surface area contributed by atoms with E-state index >= 15 is 0 Å². The van der Waals surface area contributed by atoms with Crippen LogP contribution in [0.5, 0.6) is 0 Å². The normalized spacial score (nSPS) is 17.7. The van der Waals surface area contributed by atoms with Gasteiger partial charge in [0.2, 0.25) is 0 Å². The quantitative estimate of drug-likeness (QED) is 0.336. The maximum Gasteiger partial charge on any atom is 0.256 e. The second-order valence-corrected chi connectivity index (χ2v) is 12.7. The summed E-state index contributed by atoms with van der Waals surface area (Å²) in [5.74, 6) is -0.662. The zero-order valence-corrected chi connectivity index (χ0v) is 23.4. The van der Waals surface area contributed by atoms with E-state index in [-0.39, 0.29) is 26.6 Å². The SMILES string of the molecule is Cc1[nH]c(/C=C2\C(=O)Nc3ccc(S(=O)(=O)Cc4c(Cl)cccc4Cl)cc32)c(C)c1CN1CCC(F)CC1. The van der Waals surface area contributed by atoms with Crippen LogP contribution in [0.25, 0.3) is 11.6 Å². The molecule has 3 heterocycles. The van der Waals surface area contributed by atoms with E-state index < -0.39 is 16.0 Å². The molecule has 0 aliphatic carbocycles. The first-order chi connectivity index (χ1) is 18.0. The van der Waals surface area contributed by atoms with Crippen molar-refractivity contribution in [2.75, 3.05) is 18.4 Å². The van der Waals surface area contributed by atoms with Gasteiger partial charge in [-0.25, -0.2) is 12.8 Å². The summed E-state index contributed by atoms with van der Waals surface area (Å²) >= 11 is 12.4. The van der Waals surface area contributed by atoms with E-state index in [2.05, 4.69) is 15.2 Å². The zero-order valence-electron chi connectivity index (χ0n) is 21.1. The van der Waals surface area contributed by atoms with Gasteiger partial charge < -0.3 is 10.3 Å². The molecule has 1 saturated heterocycles. The number of aromatic nitrogens is 1. The minimum Gasteiger partial charge on any atom is -0.359 e. The molecule has 5 rings (SSSR count). The lowest BCUT2D eigenvalue weighted by Gasteiger charge is -2.28. The molecule has 2 aliphatic heterocycles. The Morgan fingerprint density at radius 2 is 1.76 bits per heavy atom.